The number of nitrogens with two attached hydrogens (primary N) is 1. The minimum absolute atomic E-state index is 0.000504. The molecule has 3 atom stereocenters. The lowest BCUT2D eigenvalue weighted by Gasteiger charge is -2.58. The van der Waals surface area contributed by atoms with Crippen LogP contribution in [0.3, 0.4) is 0 Å². The Morgan fingerprint density at radius 3 is 2.85 bits per heavy atom. The number of allylic oxidation sites excluding steroid dienone is 1. The van der Waals surface area contributed by atoms with E-state index in [1.165, 1.54) is 12.0 Å². The van der Waals surface area contributed by atoms with E-state index in [0.29, 0.717) is 12.6 Å². The molecule has 1 aromatic carbocycles. The van der Waals surface area contributed by atoms with Crippen LogP contribution in [0.4, 0.5) is 0 Å². The van der Waals surface area contributed by atoms with Crippen molar-refractivity contribution in [1.29, 1.82) is 0 Å². The predicted molar refractivity (Wildman–Crippen MR) is 78.8 cm³/mol. The van der Waals surface area contributed by atoms with Gasteiger partial charge in [0.05, 0.1) is 18.2 Å². The lowest BCUT2D eigenvalue weighted by Crippen LogP contribution is -2.70. The van der Waals surface area contributed by atoms with Gasteiger partial charge in [-0.3, -0.25) is 0 Å². The third-order valence-electron chi connectivity index (χ3n) is 5.43. The minimum atomic E-state index is -0.455. The van der Waals surface area contributed by atoms with Crippen LogP contribution in [-0.2, 0) is 4.74 Å². The second-order valence-corrected chi connectivity index (χ2v) is 6.34. The van der Waals surface area contributed by atoms with Gasteiger partial charge in [-0.15, -0.1) is 0 Å². The second kappa shape index (κ2) is 4.34. The Labute approximate surface area is 120 Å². The van der Waals surface area contributed by atoms with Crippen molar-refractivity contribution in [1.82, 2.24) is 4.90 Å². The van der Waals surface area contributed by atoms with Crippen LogP contribution in [0.2, 0.25) is 0 Å². The van der Waals surface area contributed by atoms with Crippen molar-refractivity contribution in [3.8, 4) is 0 Å². The molecule has 4 rings (SSSR count). The molecule has 2 aliphatic heterocycles. The molecule has 2 N–H and O–H groups in total. The standard InChI is InChI=1S/C17H22N2O/c18-17-11-6-10-16(17)9-4-5-12-19(16)15(13-20-17)14-7-2-1-3-8-14/h1-3,5,7-8,12,15H,4,6,9-11,13,18H2/t15-,16+,17-/m0/s1. The Kier molecular flexibility index (Phi) is 2.69. The predicted octanol–water partition coefficient (Wildman–Crippen LogP) is 2.95. The summed E-state index contributed by atoms with van der Waals surface area (Å²) in [4.78, 5) is 2.52. The number of morpholine rings is 1. The van der Waals surface area contributed by atoms with Crippen molar-refractivity contribution >= 4 is 0 Å². The number of rotatable bonds is 1. The molecule has 20 heavy (non-hydrogen) atoms. The summed E-state index contributed by atoms with van der Waals surface area (Å²) in [5.41, 5.74) is 7.52. The van der Waals surface area contributed by atoms with Gasteiger partial charge in [0.1, 0.15) is 5.72 Å². The Bertz CT molecular complexity index is 529. The first-order valence-corrected chi connectivity index (χ1v) is 7.68. The van der Waals surface area contributed by atoms with Gasteiger partial charge in [0, 0.05) is 0 Å². The first-order valence-electron chi connectivity index (χ1n) is 7.68. The molecule has 2 fully saturated rings. The van der Waals surface area contributed by atoms with E-state index in [-0.39, 0.29) is 5.54 Å². The van der Waals surface area contributed by atoms with E-state index in [2.05, 4.69) is 47.5 Å². The first-order chi connectivity index (χ1) is 9.75. The summed E-state index contributed by atoms with van der Waals surface area (Å²) < 4.78 is 6.22. The van der Waals surface area contributed by atoms with Crippen molar-refractivity contribution in [3.05, 3.63) is 48.2 Å². The molecule has 0 unspecified atom stereocenters. The highest BCUT2D eigenvalue weighted by molar-refractivity contribution is 5.26. The van der Waals surface area contributed by atoms with Crippen LogP contribution in [0.15, 0.2) is 42.6 Å². The zero-order valence-electron chi connectivity index (χ0n) is 11.8. The molecule has 106 valence electrons. The van der Waals surface area contributed by atoms with Crippen LogP contribution >= 0.6 is 0 Å². The van der Waals surface area contributed by atoms with Crippen molar-refractivity contribution in [3.63, 3.8) is 0 Å². The van der Waals surface area contributed by atoms with Gasteiger partial charge < -0.3 is 15.4 Å². The number of nitrogens with zero attached hydrogens (tertiary/aromatic N) is 1. The van der Waals surface area contributed by atoms with E-state index < -0.39 is 5.72 Å². The normalized spacial score (nSPS) is 39.5. The fourth-order valence-corrected chi connectivity index (χ4v) is 4.40. The molecule has 0 radical (unpaired) electrons. The number of benzene rings is 1. The highest BCUT2D eigenvalue weighted by Crippen LogP contribution is 2.53. The highest BCUT2D eigenvalue weighted by atomic mass is 16.5. The van der Waals surface area contributed by atoms with Gasteiger partial charge in [-0.2, -0.15) is 0 Å². The molecule has 3 nitrogen and oxygen atoms in total. The Morgan fingerprint density at radius 1 is 1.15 bits per heavy atom. The summed E-state index contributed by atoms with van der Waals surface area (Å²) in [6.45, 7) is 0.687. The first kappa shape index (κ1) is 12.4. The van der Waals surface area contributed by atoms with Gasteiger partial charge in [0.2, 0.25) is 0 Å². The van der Waals surface area contributed by atoms with Crippen LogP contribution in [0.1, 0.15) is 43.7 Å². The van der Waals surface area contributed by atoms with Crippen LogP contribution in [-0.4, -0.2) is 22.8 Å². The fourth-order valence-electron chi connectivity index (χ4n) is 4.40. The number of hydrogen-bond acceptors (Lipinski definition) is 3. The van der Waals surface area contributed by atoms with Crippen molar-refractivity contribution in [2.75, 3.05) is 6.61 Å². The summed E-state index contributed by atoms with van der Waals surface area (Å²) in [5, 5.41) is 0. The average Bonchev–Trinajstić information content (AvgIpc) is 2.82. The largest absolute Gasteiger partial charge is 0.359 e. The summed E-state index contributed by atoms with van der Waals surface area (Å²) in [6.07, 6.45) is 10.1. The van der Waals surface area contributed by atoms with Crippen LogP contribution in [0.5, 0.6) is 0 Å². The SMILES string of the molecule is N[C@]12CCC[C@]13CCC=CN3[C@H](c1ccccc1)CO2. The van der Waals surface area contributed by atoms with Gasteiger partial charge in [-0.1, -0.05) is 36.4 Å². The third kappa shape index (κ3) is 1.54. The van der Waals surface area contributed by atoms with Crippen molar-refractivity contribution < 1.29 is 4.74 Å². The van der Waals surface area contributed by atoms with Crippen LogP contribution in [0, 0.1) is 0 Å². The second-order valence-electron chi connectivity index (χ2n) is 6.34. The molecule has 1 spiro atoms. The lowest BCUT2D eigenvalue weighted by molar-refractivity contribution is -0.195. The fraction of sp³-hybridized carbons (Fsp3) is 0.529. The molecule has 0 aromatic heterocycles. The van der Waals surface area contributed by atoms with Gasteiger partial charge in [0.25, 0.3) is 0 Å². The quantitative estimate of drug-likeness (QED) is 0.852. The molecule has 1 saturated heterocycles. The zero-order chi connectivity index (χ0) is 13.6. The van der Waals surface area contributed by atoms with E-state index in [1.807, 2.05) is 0 Å². The monoisotopic (exact) mass is 270 g/mol. The van der Waals surface area contributed by atoms with E-state index in [9.17, 15) is 0 Å². The van der Waals surface area contributed by atoms with E-state index in [4.69, 9.17) is 10.5 Å². The highest BCUT2D eigenvalue weighted by Gasteiger charge is 2.60. The van der Waals surface area contributed by atoms with Gasteiger partial charge in [-0.05, 0) is 43.9 Å². The molecule has 2 heterocycles. The van der Waals surface area contributed by atoms with E-state index in [0.717, 1.165) is 25.7 Å². The molecule has 3 heteroatoms. The van der Waals surface area contributed by atoms with Gasteiger partial charge in [-0.25, -0.2) is 0 Å². The summed E-state index contributed by atoms with van der Waals surface area (Å²) in [6, 6.07) is 11.0. The number of ether oxygens (including phenoxy) is 1. The van der Waals surface area contributed by atoms with E-state index in [1.54, 1.807) is 0 Å². The average molecular weight is 270 g/mol. The summed E-state index contributed by atoms with van der Waals surface area (Å²) >= 11 is 0. The van der Waals surface area contributed by atoms with Gasteiger partial charge >= 0.3 is 0 Å². The maximum absolute atomic E-state index is 6.65. The molecule has 3 aliphatic rings. The Hall–Kier alpha value is -1.32. The Balaban J connectivity index is 1.78. The van der Waals surface area contributed by atoms with E-state index >= 15 is 0 Å². The maximum Gasteiger partial charge on any atom is 0.140 e. The third-order valence-corrected chi connectivity index (χ3v) is 5.43. The molecule has 1 aromatic rings. The van der Waals surface area contributed by atoms with Crippen molar-refractivity contribution in [2.45, 2.75) is 49.4 Å². The Morgan fingerprint density at radius 2 is 2.00 bits per heavy atom. The molecule has 1 saturated carbocycles. The molecular formula is C17H22N2O. The smallest absolute Gasteiger partial charge is 0.140 e. The topological polar surface area (TPSA) is 38.5 Å². The molecule has 0 bridgehead atoms. The molecule has 1 aliphatic carbocycles. The molecule has 0 amide bonds. The molecular weight excluding hydrogens is 248 g/mol. The van der Waals surface area contributed by atoms with Crippen LogP contribution in [0.25, 0.3) is 0 Å². The summed E-state index contributed by atoms with van der Waals surface area (Å²) in [5.74, 6) is 0. The summed E-state index contributed by atoms with van der Waals surface area (Å²) in [7, 11) is 0. The lowest BCUT2D eigenvalue weighted by atomic mass is 9.78. The van der Waals surface area contributed by atoms with Crippen molar-refractivity contribution in [2.24, 2.45) is 5.73 Å². The zero-order valence-corrected chi connectivity index (χ0v) is 11.8. The van der Waals surface area contributed by atoms with Gasteiger partial charge in [0.15, 0.2) is 0 Å². The van der Waals surface area contributed by atoms with Crippen LogP contribution < -0.4 is 5.73 Å². The number of hydrogen-bond donors (Lipinski definition) is 1. The maximum atomic E-state index is 6.65. The minimum Gasteiger partial charge on any atom is -0.359 e.